The van der Waals surface area contributed by atoms with Crippen LogP contribution in [0.2, 0.25) is 0 Å². The molecule has 0 amide bonds. The number of hydrogen-bond donors (Lipinski definition) is 1. The van der Waals surface area contributed by atoms with E-state index >= 15 is 0 Å². The Labute approximate surface area is 91.9 Å². The van der Waals surface area contributed by atoms with Crippen LogP contribution < -0.4 is 5.32 Å². The van der Waals surface area contributed by atoms with Gasteiger partial charge in [0.2, 0.25) is 0 Å². The van der Waals surface area contributed by atoms with E-state index in [2.05, 4.69) is 23.4 Å². The van der Waals surface area contributed by atoms with Crippen molar-refractivity contribution in [1.82, 2.24) is 15.1 Å². The first kappa shape index (κ1) is 10.7. The first-order valence-electron chi connectivity index (χ1n) is 5.96. The minimum Gasteiger partial charge on any atom is -0.316 e. The summed E-state index contributed by atoms with van der Waals surface area (Å²) < 4.78 is 2.03. The second-order valence-electron chi connectivity index (χ2n) is 4.67. The Kier molecular flexibility index (Phi) is 3.41. The SMILES string of the molecule is Cc1cc(CC2CCCCNC2)n(C)n1. The molecule has 1 aromatic rings. The molecule has 1 atom stereocenters. The monoisotopic (exact) mass is 207 g/mol. The van der Waals surface area contributed by atoms with Crippen LogP contribution in [0.3, 0.4) is 0 Å². The molecule has 1 N–H and O–H groups in total. The lowest BCUT2D eigenvalue weighted by Crippen LogP contribution is -2.22. The van der Waals surface area contributed by atoms with Gasteiger partial charge in [0.05, 0.1) is 5.69 Å². The van der Waals surface area contributed by atoms with Crippen molar-refractivity contribution in [3.05, 3.63) is 17.5 Å². The molecule has 2 heterocycles. The Balaban J connectivity index is 1.97. The summed E-state index contributed by atoms with van der Waals surface area (Å²) in [5, 5.41) is 7.91. The van der Waals surface area contributed by atoms with Crippen LogP contribution in [0.5, 0.6) is 0 Å². The molecule has 0 aliphatic carbocycles. The molecule has 84 valence electrons. The van der Waals surface area contributed by atoms with E-state index in [9.17, 15) is 0 Å². The van der Waals surface area contributed by atoms with Crippen LogP contribution in [0, 0.1) is 12.8 Å². The van der Waals surface area contributed by atoms with Gasteiger partial charge in [0.25, 0.3) is 0 Å². The van der Waals surface area contributed by atoms with Gasteiger partial charge in [-0.1, -0.05) is 6.42 Å². The van der Waals surface area contributed by atoms with Crippen LogP contribution in [-0.2, 0) is 13.5 Å². The molecule has 3 nitrogen and oxygen atoms in total. The van der Waals surface area contributed by atoms with E-state index in [1.807, 2.05) is 11.7 Å². The van der Waals surface area contributed by atoms with E-state index in [0.29, 0.717) is 0 Å². The molecule has 1 unspecified atom stereocenters. The van der Waals surface area contributed by atoms with E-state index in [-0.39, 0.29) is 0 Å². The van der Waals surface area contributed by atoms with Crippen molar-refractivity contribution in [3.8, 4) is 0 Å². The lowest BCUT2D eigenvalue weighted by molar-refractivity contribution is 0.462. The summed E-state index contributed by atoms with van der Waals surface area (Å²) in [6, 6.07) is 2.21. The Bertz CT molecular complexity index is 309. The highest BCUT2D eigenvalue weighted by Gasteiger charge is 2.14. The maximum atomic E-state index is 4.40. The molecule has 0 radical (unpaired) electrons. The molecule has 1 aliphatic heterocycles. The summed E-state index contributed by atoms with van der Waals surface area (Å²) in [5.74, 6) is 0.794. The van der Waals surface area contributed by atoms with Crippen LogP contribution >= 0.6 is 0 Å². The predicted octanol–water partition coefficient (Wildman–Crippen LogP) is 1.66. The predicted molar refractivity (Wildman–Crippen MR) is 61.9 cm³/mol. The van der Waals surface area contributed by atoms with Gasteiger partial charge in [-0.25, -0.2) is 0 Å². The van der Waals surface area contributed by atoms with Crippen LogP contribution in [0.1, 0.15) is 30.7 Å². The second kappa shape index (κ2) is 4.79. The highest BCUT2D eigenvalue weighted by atomic mass is 15.3. The van der Waals surface area contributed by atoms with Crippen LogP contribution in [0.25, 0.3) is 0 Å². The van der Waals surface area contributed by atoms with Gasteiger partial charge in [-0.15, -0.1) is 0 Å². The highest BCUT2D eigenvalue weighted by Crippen LogP contribution is 2.17. The van der Waals surface area contributed by atoms with Crippen molar-refractivity contribution in [2.45, 2.75) is 32.6 Å². The molecule has 15 heavy (non-hydrogen) atoms. The fraction of sp³-hybridized carbons (Fsp3) is 0.750. The normalized spacial score (nSPS) is 22.7. The smallest absolute Gasteiger partial charge is 0.0596 e. The molecule has 2 rings (SSSR count). The van der Waals surface area contributed by atoms with Gasteiger partial charge in [-0.3, -0.25) is 4.68 Å². The largest absolute Gasteiger partial charge is 0.316 e. The average Bonchev–Trinajstić information content (AvgIpc) is 2.44. The van der Waals surface area contributed by atoms with Crippen molar-refractivity contribution in [2.24, 2.45) is 13.0 Å². The van der Waals surface area contributed by atoms with E-state index in [0.717, 1.165) is 11.6 Å². The Morgan fingerprint density at radius 1 is 1.53 bits per heavy atom. The molecule has 1 aromatic heterocycles. The zero-order chi connectivity index (χ0) is 10.7. The number of aryl methyl sites for hydroxylation is 2. The highest BCUT2D eigenvalue weighted by molar-refractivity contribution is 5.09. The van der Waals surface area contributed by atoms with E-state index in [1.54, 1.807) is 0 Å². The van der Waals surface area contributed by atoms with Crippen LogP contribution in [0.4, 0.5) is 0 Å². The van der Waals surface area contributed by atoms with Crippen molar-refractivity contribution in [1.29, 1.82) is 0 Å². The Morgan fingerprint density at radius 2 is 2.40 bits per heavy atom. The van der Waals surface area contributed by atoms with Crippen molar-refractivity contribution in [3.63, 3.8) is 0 Å². The first-order valence-corrected chi connectivity index (χ1v) is 5.96. The fourth-order valence-electron chi connectivity index (χ4n) is 2.42. The third kappa shape index (κ3) is 2.81. The minimum absolute atomic E-state index is 0.794. The van der Waals surface area contributed by atoms with Gasteiger partial charge in [0.1, 0.15) is 0 Å². The van der Waals surface area contributed by atoms with Crippen LogP contribution in [0.15, 0.2) is 6.07 Å². The summed E-state index contributed by atoms with van der Waals surface area (Å²) in [7, 11) is 2.05. The molecule has 1 saturated heterocycles. The molecular weight excluding hydrogens is 186 g/mol. The van der Waals surface area contributed by atoms with E-state index < -0.39 is 0 Å². The summed E-state index contributed by atoms with van der Waals surface area (Å²) >= 11 is 0. The van der Waals surface area contributed by atoms with Gasteiger partial charge in [0.15, 0.2) is 0 Å². The zero-order valence-electron chi connectivity index (χ0n) is 9.79. The topological polar surface area (TPSA) is 29.9 Å². The number of aromatic nitrogens is 2. The molecule has 0 spiro atoms. The number of nitrogens with one attached hydrogen (secondary N) is 1. The Hall–Kier alpha value is -0.830. The molecule has 0 aromatic carbocycles. The molecule has 0 bridgehead atoms. The molecule has 1 aliphatic rings. The maximum Gasteiger partial charge on any atom is 0.0596 e. The standard InChI is InChI=1S/C12H21N3/c1-10-7-12(15(2)14-10)8-11-5-3-4-6-13-9-11/h7,11,13H,3-6,8-9H2,1-2H3. The maximum absolute atomic E-state index is 4.40. The molecule has 0 saturated carbocycles. The third-order valence-corrected chi connectivity index (χ3v) is 3.25. The van der Waals surface area contributed by atoms with Gasteiger partial charge in [-0.05, 0) is 51.3 Å². The fourth-order valence-corrected chi connectivity index (χ4v) is 2.42. The number of rotatable bonds is 2. The lowest BCUT2D eigenvalue weighted by atomic mass is 9.98. The van der Waals surface area contributed by atoms with Gasteiger partial charge < -0.3 is 5.32 Å². The molecule has 1 fully saturated rings. The van der Waals surface area contributed by atoms with Gasteiger partial charge in [0, 0.05) is 12.7 Å². The summed E-state index contributed by atoms with van der Waals surface area (Å²) in [5.41, 5.74) is 2.51. The number of nitrogens with zero attached hydrogens (tertiary/aromatic N) is 2. The van der Waals surface area contributed by atoms with E-state index in [4.69, 9.17) is 0 Å². The number of hydrogen-bond acceptors (Lipinski definition) is 2. The van der Waals surface area contributed by atoms with Crippen molar-refractivity contribution < 1.29 is 0 Å². The van der Waals surface area contributed by atoms with Gasteiger partial charge >= 0.3 is 0 Å². The summed E-state index contributed by atoms with van der Waals surface area (Å²) in [6.45, 7) is 4.43. The molecule has 3 heteroatoms. The quantitative estimate of drug-likeness (QED) is 0.799. The average molecular weight is 207 g/mol. The van der Waals surface area contributed by atoms with Crippen LogP contribution in [-0.4, -0.2) is 22.9 Å². The zero-order valence-corrected chi connectivity index (χ0v) is 9.79. The first-order chi connectivity index (χ1) is 7.25. The van der Waals surface area contributed by atoms with Gasteiger partial charge in [-0.2, -0.15) is 5.10 Å². The summed E-state index contributed by atoms with van der Waals surface area (Å²) in [6.07, 6.45) is 5.23. The van der Waals surface area contributed by atoms with E-state index in [1.165, 1.54) is 44.5 Å². The summed E-state index contributed by atoms with van der Waals surface area (Å²) in [4.78, 5) is 0. The second-order valence-corrected chi connectivity index (χ2v) is 4.67. The van der Waals surface area contributed by atoms with Crippen molar-refractivity contribution in [2.75, 3.05) is 13.1 Å². The minimum atomic E-state index is 0.794. The third-order valence-electron chi connectivity index (χ3n) is 3.25. The molecular formula is C12H21N3. The lowest BCUT2D eigenvalue weighted by Gasteiger charge is -2.13. The van der Waals surface area contributed by atoms with Crippen molar-refractivity contribution >= 4 is 0 Å². The Morgan fingerprint density at radius 3 is 3.13 bits per heavy atom.